The summed E-state index contributed by atoms with van der Waals surface area (Å²) < 4.78 is 5.10. The number of amides is 2. The summed E-state index contributed by atoms with van der Waals surface area (Å²) in [7, 11) is 0. The molecule has 2 heterocycles. The van der Waals surface area contributed by atoms with Gasteiger partial charge in [-0.15, -0.1) is 0 Å². The van der Waals surface area contributed by atoms with E-state index < -0.39 is 18.1 Å². The molecular weight excluding hydrogens is 500 g/mol. The number of ether oxygens (including phenoxy) is 1. The van der Waals surface area contributed by atoms with Crippen molar-refractivity contribution >= 4 is 35.3 Å². The van der Waals surface area contributed by atoms with Gasteiger partial charge in [-0.25, -0.2) is 9.59 Å². The molecular formula is C28H36N6O5. The maximum Gasteiger partial charge on any atom is 0.408 e. The van der Waals surface area contributed by atoms with Crippen LogP contribution in [0.15, 0.2) is 53.5 Å². The average molecular weight is 537 g/mol. The van der Waals surface area contributed by atoms with Crippen molar-refractivity contribution in [1.29, 1.82) is 0 Å². The fraction of sp³-hybridized carbons (Fsp3) is 0.429. The van der Waals surface area contributed by atoms with Crippen molar-refractivity contribution in [3.05, 3.63) is 59.7 Å². The number of guanidine groups is 1. The first-order chi connectivity index (χ1) is 18.9. The lowest BCUT2D eigenvalue weighted by molar-refractivity contribution is -0.139. The maximum absolute atomic E-state index is 12.8. The summed E-state index contributed by atoms with van der Waals surface area (Å²) >= 11 is 0. The SMILES string of the molecule is Cc1ccc(N2CCC(C(=O)NCC(NC(=O)OCc3ccccc3)C(=O)O)CC2)cc1NC1=NCCCN1. The fourth-order valence-electron chi connectivity index (χ4n) is 4.54. The number of hydrogen-bond donors (Lipinski definition) is 5. The van der Waals surface area contributed by atoms with Gasteiger partial charge in [0.15, 0.2) is 5.96 Å². The molecule has 2 aliphatic rings. The number of carboxylic acids is 1. The number of piperidine rings is 1. The molecule has 2 aromatic carbocycles. The average Bonchev–Trinajstić information content (AvgIpc) is 2.96. The van der Waals surface area contributed by atoms with E-state index in [1.54, 1.807) is 12.1 Å². The van der Waals surface area contributed by atoms with Crippen molar-refractivity contribution in [3.8, 4) is 0 Å². The van der Waals surface area contributed by atoms with Gasteiger partial charge in [0, 0.05) is 50.0 Å². The van der Waals surface area contributed by atoms with Gasteiger partial charge < -0.3 is 36.0 Å². The molecule has 1 unspecified atom stereocenters. The molecule has 1 atom stereocenters. The maximum atomic E-state index is 12.8. The minimum absolute atomic E-state index is 0.0219. The highest BCUT2D eigenvalue weighted by Crippen LogP contribution is 2.27. The molecule has 1 saturated heterocycles. The predicted octanol–water partition coefficient (Wildman–Crippen LogP) is 2.47. The highest BCUT2D eigenvalue weighted by Gasteiger charge is 2.28. The minimum Gasteiger partial charge on any atom is -0.480 e. The second-order valence-corrected chi connectivity index (χ2v) is 9.74. The van der Waals surface area contributed by atoms with Gasteiger partial charge in [0.05, 0.1) is 0 Å². The van der Waals surface area contributed by atoms with Crippen LogP contribution >= 0.6 is 0 Å². The highest BCUT2D eigenvalue weighted by atomic mass is 16.5. The number of nitrogens with zero attached hydrogens (tertiary/aromatic N) is 2. The number of carboxylic acid groups (broad SMARTS) is 1. The molecule has 208 valence electrons. The summed E-state index contributed by atoms with van der Waals surface area (Å²) in [5, 5.41) is 21.2. The van der Waals surface area contributed by atoms with E-state index in [0.29, 0.717) is 25.9 Å². The number of rotatable bonds is 9. The van der Waals surface area contributed by atoms with Crippen LogP contribution in [0, 0.1) is 12.8 Å². The van der Waals surface area contributed by atoms with Gasteiger partial charge in [-0.2, -0.15) is 0 Å². The lowest BCUT2D eigenvalue weighted by Gasteiger charge is -2.33. The van der Waals surface area contributed by atoms with E-state index >= 15 is 0 Å². The first-order valence-corrected chi connectivity index (χ1v) is 13.3. The van der Waals surface area contributed by atoms with Crippen LogP contribution in [-0.2, 0) is 20.9 Å². The second-order valence-electron chi connectivity index (χ2n) is 9.74. The summed E-state index contributed by atoms with van der Waals surface area (Å²) in [6.07, 6.45) is 1.45. The van der Waals surface area contributed by atoms with Crippen LogP contribution in [0.1, 0.15) is 30.4 Å². The van der Waals surface area contributed by atoms with Crippen molar-refractivity contribution in [2.75, 3.05) is 42.9 Å². The van der Waals surface area contributed by atoms with Gasteiger partial charge in [0.1, 0.15) is 12.6 Å². The Bertz CT molecular complexity index is 1180. The van der Waals surface area contributed by atoms with Gasteiger partial charge >= 0.3 is 12.1 Å². The summed E-state index contributed by atoms with van der Waals surface area (Å²) in [6.45, 7) is 4.97. The molecule has 2 amide bonds. The van der Waals surface area contributed by atoms with Gasteiger partial charge in [-0.1, -0.05) is 36.4 Å². The predicted molar refractivity (Wildman–Crippen MR) is 149 cm³/mol. The molecule has 5 N–H and O–H groups in total. The summed E-state index contributed by atoms with van der Waals surface area (Å²) in [5.74, 6) is -0.909. The van der Waals surface area contributed by atoms with Gasteiger partial charge in [-0.3, -0.25) is 9.79 Å². The van der Waals surface area contributed by atoms with Crippen LogP contribution < -0.4 is 26.2 Å². The summed E-state index contributed by atoms with van der Waals surface area (Å²) in [5.41, 5.74) is 3.97. The number of benzene rings is 2. The van der Waals surface area contributed by atoms with E-state index in [1.807, 2.05) is 25.1 Å². The third-order valence-electron chi connectivity index (χ3n) is 6.89. The van der Waals surface area contributed by atoms with Crippen molar-refractivity contribution in [3.63, 3.8) is 0 Å². The van der Waals surface area contributed by atoms with Crippen LogP contribution in [0.25, 0.3) is 0 Å². The normalized spacial score (nSPS) is 16.3. The van der Waals surface area contributed by atoms with Crippen molar-refractivity contribution in [2.45, 2.75) is 38.8 Å². The Labute approximate surface area is 228 Å². The Morgan fingerprint density at radius 3 is 2.62 bits per heavy atom. The van der Waals surface area contributed by atoms with Crippen molar-refractivity contribution < 1.29 is 24.2 Å². The standard InChI is InChI=1S/C28H36N6O5/c1-19-8-9-22(16-23(19)32-27-29-12-5-13-30-27)34-14-10-21(11-15-34)25(35)31-17-24(26(36)37)33-28(38)39-18-20-6-3-2-4-7-20/h2-4,6-9,16,21,24H,5,10-15,17-18H2,1H3,(H,31,35)(H,33,38)(H,36,37)(H2,29,30,32). The fourth-order valence-corrected chi connectivity index (χ4v) is 4.54. The smallest absolute Gasteiger partial charge is 0.408 e. The van der Waals surface area contributed by atoms with Gasteiger partial charge in [0.25, 0.3) is 0 Å². The third-order valence-corrected chi connectivity index (χ3v) is 6.89. The first kappa shape index (κ1) is 27.7. The van der Waals surface area contributed by atoms with E-state index in [9.17, 15) is 19.5 Å². The molecule has 1 fully saturated rings. The van der Waals surface area contributed by atoms with E-state index in [4.69, 9.17) is 4.74 Å². The molecule has 0 bridgehead atoms. The Morgan fingerprint density at radius 2 is 1.92 bits per heavy atom. The Kier molecular flexibility index (Phi) is 9.60. The molecule has 11 nitrogen and oxygen atoms in total. The highest BCUT2D eigenvalue weighted by molar-refractivity contribution is 5.95. The molecule has 2 aliphatic heterocycles. The molecule has 2 aromatic rings. The zero-order valence-electron chi connectivity index (χ0n) is 22.1. The minimum atomic E-state index is -1.29. The van der Waals surface area contributed by atoms with E-state index in [0.717, 1.165) is 48.0 Å². The topological polar surface area (TPSA) is 144 Å². The second kappa shape index (κ2) is 13.5. The monoisotopic (exact) mass is 536 g/mol. The number of carbonyl (C=O) groups is 3. The van der Waals surface area contributed by atoms with Crippen LogP contribution in [0.3, 0.4) is 0 Å². The molecule has 4 rings (SSSR count). The Hall–Kier alpha value is -4.28. The Balaban J connectivity index is 1.23. The lowest BCUT2D eigenvalue weighted by Crippen LogP contribution is -2.50. The van der Waals surface area contributed by atoms with Crippen LogP contribution in [0.4, 0.5) is 16.2 Å². The number of nitrogens with one attached hydrogen (secondary N) is 4. The van der Waals surface area contributed by atoms with Gasteiger partial charge in [0.2, 0.25) is 5.91 Å². The number of aryl methyl sites for hydroxylation is 1. The largest absolute Gasteiger partial charge is 0.480 e. The third kappa shape index (κ3) is 8.10. The summed E-state index contributed by atoms with van der Waals surface area (Å²) in [4.78, 5) is 43.2. The van der Waals surface area contributed by atoms with Crippen LogP contribution in [0.2, 0.25) is 0 Å². The lowest BCUT2D eigenvalue weighted by atomic mass is 9.95. The number of carbonyl (C=O) groups excluding carboxylic acids is 2. The first-order valence-electron chi connectivity index (χ1n) is 13.3. The van der Waals surface area contributed by atoms with E-state index in [1.165, 1.54) is 0 Å². The zero-order chi connectivity index (χ0) is 27.6. The molecule has 0 aliphatic carbocycles. The zero-order valence-corrected chi connectivity index (χ0v) is 22.1. The van der Waals surface area contributed by atoms with Crippen molar-refractivity contribution in [2.24, 2.45) is 10.9 Å². The molecule has 0 aromatic heterocycles. The van der Waals surface area contributed by atoms with Crippen molar-refractivity contribution in [1.82, 2.24) is 16.0 Å². The van der Waals surface area contributed by atoms with E-state index in [2.05, 4.69) is 49.4 Å². The number of aliphatic imine (C=N–C) groups is 1. The molecule has 39 heavy (non-hydrogen) atoms. The number of anilines is 2. The van der Waals surface area contributed by atoms with Crippen LogP contribution in [-0.4, -0.2) is 67.8 Å². The number of aliphatic carboxylic acids is 1. The molecule has 11 heteroatoms. The summed E-state index contributed by atoms with van der Waals surface area (Å²) in [6, 6.07) is 14.0. The molecule has 0 radical (unpaired) electrons. The molecule has 0 spiro atoms. The Morgan fingerprint density at radius 1 is 1.15 bits per heavy atom. The van der Waals surface area contributed by atoms with Gasteiger partial charge in [-0.05, 0) is 49.4 Å². The van der Waals surface area contributed by atoms with E-state index in [-0.39, 0.29) is 25.0 Å². The quantitative estimate of drug-likeness (QED) is 0.329. The number of alkyl carbamates (subject to hydrolysis) is 1. The molecule has 0 saturated carbocycles. The number of hydrogen-bond acceptors (Lipinski definition) is 8. The van der Waals surface area contributed by atoms with Crippen LogP contribution in [0.5, 0.6) is 0 Å².